The number of nitrogens with one attached hydrogen (secondary N) is 1. The number of rotatable bonds is 8. The first-order chi connectivity index (χ1) is 8.27. The molecule has 17 heavy (non-hydrogen) atoms. The zero-order valence-electron chi connectivity index (χ0n) is 10.8. The highest BCUT2D eigenvalue weighted by Crippen LogP contribution is 2.13. The van der Waals surface area contributed by atoms with Crippen LogP contribution >= 0.6 is 0 Å². The van der Waals surface area contributed by atoms with Gasteiger partial charge in [0.1, 0.15) is 0 Å². The molecule has 2 nitrogen and oxygen atoms in total. The van der Waals surface area contributed by atoms with Gasteiger partial charge >= 0.3 is 0 Å². The average molecular weight is 253 g/mol. The van der Waals surface area contributed by atoms with E-state index in [1.807, 2.05) is 25.2 Å². The highest BCUT2D eigenvalue weighted by atomic mass is 32.2. The number of unbranched alkanes of at least 4 members (excludes halogenated alkanes) is 2. The lowest BCUT2D eigenvalue weighted by Gasteiger charge is -2.16. The van der Waals surface area contributed by atoms with Crippen LogP contribution in [0.1, 0.15) is 37.8 Å². The molecular formula is C14H23NOS. The molecule has 0 radical (unpaired) electrons. The van der Waals surface area contributed by atoms with E-state index >= 15 is 0 Å². The van der Waals surface area contributed by atoms with Gasteiger partial charge < -0.3 is 5.32 Å². The van der Waals surface area contributed by atoms with Crippen LogP contribution in [0.15, 0.2) is 30.3 Å². The predicted molar refractivity (Wildman–Crippen MR) is 75.6 cm³/mol. The molecule has 2 unspecified atom stereocenters. The molecule has 0 bridgehead atoms. The van der Waals surface area contributed by atoms with Crippen molar-refractivity contribution in [3.05, 3.63) is 35.9 Å². The van der Waals surface area contributed by atoms with Gasteiger partial charge in [-0.2, -0.15) is 0 Å². The molecule has 0 saturated heterocycles. The Balaban J connectivity index is 2.44. The molecule has 0 aliphatic heterocycles. The van der Waals surface area contributed by atoms with Crippen LogP contribution in [0.4, 0.5) is 0 Å². The van der Waals surface area contributed by atoms with Crippen molar-refractivity contribution in [3.8, 4) is 0 Å². The smallest absolute Gasteiger partial charge is 0.0434 e. The second kappa shape index (κ2) is 8.43. The maximum atomic E-state index is 11.9. The van der Waals surface area contributed by atoms with Crippen LogP contribution in [0.5, 0.6) is 0 Å². The summed E-state index contributed by atoms with van der Waals surface area (Å²) >= 11 is 0. The van der Waals surface area contributed by atoms with E-state index in [9.17, 15) is 4.21 Å². The van der Waals surface area contributed by atoms with Gasteiger partial charge in [0.05, 0.1) is 0 Å². The fraction of sp³-hybridized carbons (Fsp3) is 0.571. The molecular weight excluding hydrogens is 230 g/mol. The molecule has 0 aliphatic rings. The molecule has 0 spiro atoms. The number of benzene rings is 1. The summed E-state index contributed by atoms with van der Waals surface area (Å²) in [6, 6.07) is 10.4. The molecule has 96 valence electrons. The van der Waals surface area contributed by atoms with Gasteiger partial charge in [-0.25, -0.2) is 0 Å². The summed E-state index contributed by atoms with van der Waals surface area (Å²) in [5.41, 5.74) is 1.22. The van der Waals surface area contributed by atoms with Gasteiger partial charge in [-0.3, -0.25) is 4.21 Å². The molecule has 1 N–H and O–H groups in total. The van der Waals surface area contributed by atoms with Crippen LogP contribution in [0, 0.1) is 0 Å². The second-order valence-electron chi connectivity index (χ2n) is 4.27. The molecule has 3 heteroatoms. The SMILES string of the molecule is CCCCCS(=O)CC(NC)c1ccccc1. The standard InChI is InChI=1S/C14H23NOS/c1-3-4-8-11-17(16)12-14(15-2)13-9-6-5-7-10-13/h5-7,9-10,14-15H,3-4,8,11-12H2,1-2H3. The van der Waals surface area contributed by atoms with Crippen LogP contribution in [0.2, 0.25) is 0 Å². The van der Waals surface area contributed by atoms with Crippen molar-refractivity contribution < 1.29 is 4.21 Å². The largest absolute Gasteiger partial charge is 0.312 e. The Labute approximate surface area is 107 Å². The van der Waals surface area contributed by atoms with Gasteiger partial charge in [-0.05, 0) is 19.0 Å². The first-order valence-corrected chi connectivity index (χ1v) is 7.84. The summed E-state index contributed by atoms with van der Waals surface area (Å²) in [5, 5.41) is 3.25. The molecule has 0 aliphatic carbocycles. The van der Waals surface area contributed by atoms with Gasteiger partial charge in [0.2, 0.25) is 0 Å². The third-order valence-electron chi connectivity index (χ3n) is 2.88. The highest BCUT2D eigenvalue weighted by molar-refractivity contribution is 7.85. The minimum Gasteiger partial charge on any atom is -0.312 e. The van der Waals surface area contributed by atoms with Gasteiger partial charge in [0.25, 0.3) is 0 Å². The van der Waals surface area contributed by atoms with Crippen molar-refractivity contribution in [2.75, 3.05) is 18.6 Å². The molecule has 0 aromatic heterocycles. The zero-order valence-corrected chi connectivity index (χ0v) is 11.6. The van der Waals surface area contributed by atoms with Crippen molar-refractivity contribution >= 4 is 10.8 Å². The minimum absolute atomic E-state index is 0.207. The second-order valence-corrected chi connectivity index (χ2v) is 5.89. The Bertz CT molecular complexity index is 326. The number of hydrogen-bond donors (Lipinski definition) is 1. The Hall–Kier alpha value is -0.670. The third kappa shape index (κ3) is 5.46. The van der Waals surface area contributed by atoms with E-state index in [1.54, 1.807) is 0 Å². The van der Waals surface area contributed by atoms with Crippen molar-refractivity contribution in [1.82, 2.24) is 5.32 Å². The quantitative estimate of drug-likeness (QED) is 0.722. The Morgan fingerprint density at radius 3 is 2.53 bits per heavy atom. The van der Waals surface area contributed by atoms with Gasteiger partial charge in [0.15, 0.2) is 0 Å². The zero-order chi connectivity index (χ0) is 12.5. The van der Waals surface area contributed by atoms with E-state index in [0.717, 1.165) is 12.2 Å². The Morgan fingerprint density at radius 2 is 1.94 bits per heavy atom. The Kier molecular flexibility index (Phi) is 7.13. The van der Waals surface area contributed by atoms with Gasteiger partial charge in [0, 0.05) is 28.3 Å². The van der Waals surface area contributed by atoms with Gasteiger partial charge in [-0.1, -0.05) is 50.1 Å². The van der Waals surface area contributed by atoms with Crippen LogP contribution in [0.3, 0.4) is 0 Å². The maximum Gasteiger partial charge on any atom is 0.0434 e. The molecule has 2 atom stereocenters. The van der Waals surface area contributed by atoms with E-state index < -0.39 is 10.8 Å². The van der Waals surface area contributed by atoms with Crippen LogP contribution < -0.4 is 5.32 Å². The van der Waals surface area contributed by atoms with Crippen LogP contribution in [0.25, 0.3) is 0 Å². The summed E-state index contributed by atoms with van der Waals surface area (Å²) in [6.45, 7) is 2.17. The molecule has 0 amide bonds. The minimum atomic E-state index is -0.714. The lowest BCUT2D eigenvalue weighted by molar-refractivity contribution is 0.632. The summed E-state index contributed by atoms with van der Waals surface area (Å²) in [5.74, 6) is 1.54. The van der Waals surface area contributed by atoms with Gasteiger partial charge in [-0.15, -0.1) is 0 Å². The molecule has 1 aromatic rings. The fourth-order valence-electron chi connectivity index (χ4n) is 1.81. The van der Waals surface area contributed by atoms with Crippen molar-refractivity contribution in [2.45, 2.75) is 32.2 Å². The first-order valence-electron chi connectivity index (χ1n) is 6.35. The summed E-state index contributed by atoms with van der Waals surface area (Å²) in [6.07, 6.45) is 3.45. The first kappa shape index (κ1) is 14.4. The summed E-state index contributed by atoms with van der Waals surface area (Å²) in [4.78, 5) is 0. The van der Waals surface area contributed by atoms with Crippen LogP contribution in [-0.4, -0.2) is 22.8 Å². The normalized spacial score (nSPS) is 14.5. The topological polar surface area (TPSA) is 29.1 Å². The predicted octanol–water partition coefficient (Wildman–Crippen LogP) is 2.89. The third-order valence-corrected chi connectivity index (χ3v) is 4.33. The lowest BCUT2D eigenvalue weighted by Crippen LogP contribution is -2.23. The van der Waals surface area contributed by atoms with E-state index in [4.69, 9.17) is 0 Å². The van der Waals surface area contributed by atoms with Crippen molar-refractivity contribution in [3.63, 3.8) is 0 Å². The highest BCUT2D eigenvalue weighted by Gasteiger charge is 2.12. The van der Waals surface area contributed by atoms with Crippen molar-refractivity contribution in [2.24, 2.45) is 0 Å². The monoisotopic (exact) mass is 253 g/mol. The van der Waals surface area contributed by atoms with E-state index in [1.165, 1.54) is 18.4 Å². The molecule has 1 rings (SSSR count). The van der Waals surface area contributed by atoms with E-state index in [-0.39, 0.29) is 6.04 Å². The van der Waals surface area contributed by atoms with E-state index in [0.29, 0.717) is 5.75 Å². The average Bonchev–Trinajstić information content (AvgIpc) is 2.37. The number of hydrogen-bond acceptors (Lipinski definition) is 2. The molecule has 1 aromatic carbocycles. The van der Waals surface area contributed by atoms with Crippen LogP contribution in [-0.2, 0) is 10.8 Å². The molecule has 0 saturated carbocycles. The summed E-state index contributed by atoms with van der Waals surface area (Å²) < 4.78 is 11.9. The molecule has 0 heterocycles. The maximum absolute atomic E-state index is 11.9. The van der Waals surface area contributed by atoms with Crippen molar-refractivity contribution in [1.29, 1.82) is 0 Å². The lowest BCUT2D eigenvalue weighted by atomic mass is 10.1. The fourth-order valence-corrected chi connectivity index (χ4v) is 3.24. The van der Waals surface area contributed by atoms with E-state index in [2.05, 4.69) is 24.4 Å². The Morgan fingerprint density at radius 1 is 1.24 bits per heavy atom. The summed E-state index contributed by atoms with van der Waals surface area (Å²) in [7, 11) is 1.22. The molecule has 0 fully saturated rings.